The molecule has 2 aromatic heterocycles. The first kappa shape index (κ1) is 12.5. The fourth-order valence-electron chi connectivity index (χ4n) is 1.71. The summed E-state index contributed by atoms with van der Waals surface area (Å²) in [6, 6.07) is 4.18. The monoisotopic (exact) mass is 269 g/mol. The van der Waals surface area contributed by atoms with Gasteiger partial charge in [0, 0.05) is 37.4 Å². The van der Waals surface area contributed by atoms with Gasteiger partial charge in [0.1, 0.15) is 0 Å². The van der Waals surface area contributed by atoms with Crippen molar-refractivity contribution in [2.45, 2.75) is 25.4 Å². The fraction of sp³-hybridized carbons (Fsp3) is 0.286. The second-order valence-electron chi connectivity index (χ2n) is 4.75. The molecule has 0 atom stereocenters. The third-order valence-electron chi connectivity index (χ3n) is 3.03. The lowest BCUT2D eigenvalue weighted by Crippen LogP contribution is -2.25. The summed E-state index contributed by atoms with van der Waals surface area (Å²) in [5.41, 5.74) is 1.59. The van der Waals surface area contributed by atoms with Crippen molar-refractivity contribution in [1.82, 2.24) is 20.3 Å². The van der Waals surface area contributed by atoms with E-state index in [1.165, 1.54) is 0 Å². The average Bonchev–Trinajstić information content (AvgIpc) is 3.31. The zero-order valence-electron chi connectivity index (χ0n) is 10.9. The summed E-state index contributed by atoms with van der Waals surface area (Å²) >= 11 is 0. The highest BCUT2D eigenvalue weighted by Crippen LogP contribution is 2.19. The molecule has 2 N–H and O–H groups in total. The second-order valence-corrected chi connectivity index (χ2v) is 4.75. The van der Waals surface area contributed by atoms with E-state index in [1.54, 1.807) is 24.8 Å². The van der Waals surface area contributed by atoms with E-state index in [2.05, 4.69) is 25.6 Å². The summed E-state index contributed by atoms with van der Waals surface area (Å²) in [7, 11) is 0. The highest BCUT2D eigenvalue weighted by Gasteiger charge is 2.23. The predicted octanol–water partition coefficient (Wildman–Crippen LogP) is 1.38. The molecule has 20 heavy (non-hydrogen) atoms. The fourth-order valence-corrected chi connectivity index (χ4v) is 1.71. The van der Waals surface area contributed by atoms with Crippen LogP contribution in [-0.2, 0) is 6.54 Å². The van der Waals surface area contributed by atoms with E-state index >= 15 is 0 Å². The van der Waals surface area contributed by atoms with Crippen LogP contribution >= 0.6 is 0 Å². The molecule has 1 amide bonds. The van der Waals surface area contributed by atoms with Gasteiger partial charge in [0.25, 0.3) is 5.91 Å². The molecule has 1 aliphatic rings. The molecule has 0 radical (unpaired) electrons. The Balaban J connectivity index is 1.56. The number of hydrogen-bond donors (Lipinski definition) is 2. The standard InChI is InChI=1S/C14H15N5O/c20-13(19-12-1-2-12)11-8-17-14(18-9-11)16-7-10-3-5-15-6-4-10/h3-6,8-9,12H,1-2,7H2,(H,19,20)(H,16,17,18). The van der Waals surface area contributed by atoms with Gasteiger partial charge in [-0.15, -0.1) is 0 Å². The molecular formula is C14H15N5O. The maximum absolute atomic E-state index is 11.8. The molecule has 0 aliphatic heterocycles. The number of aromatic nitrogens is 3. The van der Waals surface area contributed by atoms with Gasteiger partial charge in [0.05, 0.1) is 5.56 Å². The quantitative estimate of drug-likeness (QED) is 0.857. The number of nitrogens with zero attached hydrogens (tertiary/aromatic N) is 3. The van der Waals surface area contributed by atoms with Crippen LogP contribution < -0.4 is 10.6 Å². The molecular weight excluding hydrogens is 254 g/mol. The molecule has 6 nitrogen and oxygen atoms in total. The average molecular weight is 269 g/mol. The highest BCUT2D eigenvalue weighted by molar-refractivity contribution is 5.94. The van der Waals surface area contributed by atoms with Gasteiger partial charge in [-0.1, -0.05) is 0 Å². The Morgan fingerprint density at radius 2 is 1.90 bits per heavy atom. The van der Waals surface area contributed by atoms with Gasteiger partial charge in [-0.05, 0) is 30.5 Å². The molecule has 6 heteroatoms. The highest BCUT2D eigenvalue weighted by atomic mass is 16.1. The zero-order chi connectivity index (χ0) is 13.8. The van der Waals surface area contributed by atoms with Gasteiger partial charge in [0.2, 0.25) is 5.95 Å². The minimum atomic E-state index is -0.104. The maximum atomic E-state index is 11.8. The summed E-state index contributed by atoms with van der Waals surface area (Å²) in [5, 5.41) is 6.00. The van der Waals surface area contributed by atoms with Crippen LogP contribution in [0.3, 0.4) is 0 Å². The topological polar surface area (TPSA) is 79.8 Å². The summed E-state index contributed by atoms with van der Waals surface area (Å²) in [6.07, 6.45) is 8.70. The third-order valence-corrected chi connectivity index (χ3v) is 3.03. The number of nitrogens with one attached hydrogen (secondary N) is 2. The number of amides is 1. The number of hydrogen-bond acceptors (Lipinski definition) is 5. The van der Waals surface area contributed by atoms with E-state index in [9.17, 15) is 4.79 Å². The Bertz CT molecular complexity index is 580. The number of rotatable bonds is 5. The first-order valence-electron chi connectivity index (χ1n) is 6.57. The molecule has 1 fully saturated rings. The summed E-state index contributed by atoms with van der Waals surface area (Å²) in [4.78, 5) is 24.0. The van der Waals surface area contributed by atoms with Crippen molar-refractivity contribution in [3.63, 3.8) is 0 Å². The molecule has 0 bridgehead atoms. The molecule has 0 unspecified atom stereocenters. The molecule has 1 aliphatic carbocycles. The van der Waals surface area contributed by atoms with Crippen LogP contribution in [0.1, 0.15) is 28.8 Å². The molecule has 0 spiro atoms. The van der Waals surface area contributed by atoms with Crippen LogP contribution in [0.5, 0.6) is 0 Å². The van der Waals surface area contributed by atoms with Gasteiger partial charge < -0.3 is 10.6 Å². The van der Waals surface area contributed by atoms with E-state index in [0.29, 0.717) is 24.1 Å². The lowest BCUT2D eigenvalue weighted by Gasteiger charge is -2.06. The predicted molar refractivity (Wildman–Crippen MR) is 74.1 cm³/mol. The van der Waals surface area contributed by atoms with E-state index < -0.39 is 0 Å². The van der Waals surface area contributed by atoms with Crippen molar-refractivity contribution in [2.24, 2.45) is 0 Å². The normalized spacial score (nSPS) is 13.8. The van der Waals surface area contributed by atoms with E-state index in [1.807, 2.05) is 12.1 Å². The van der Waals surface area contributed by atoms with Crippen LogP contribution in [0.15, 0.2) is 36.9 Å². The van der Waals surface area contributed by atoms with Crippen LogP contribution in [0, 0.1) is 0 Å². The molecule has 1 saturated carbocycles. The summed E-state index contributed by atoms with van der Waals surface area (Å²) in [5.74, 6) is 0.401. The smallest absolute Gasteiger partial charge is 0.254 e. The van der Waals surface area contributed by atoms with Crippen molar-refractivity contribution < 1.29 is 4.79 Å². The summed E-state index contributed by atoms with van der Waals surface area (Å²) < 4.78 is 0. The minimum absolute atomic E-state index is 0.104. The lowest BCUT2D eigenvalue weighted by atomic mass is 10.3. The molecule has 2 heterocycles. The number of pyridine rings is 1. The van der Waals surface area contributed by atoms with Crippen molar-refractivity contribution in [2.75, 3.05) is 5.32 Å². The number of carbonyl (C=O) groups excluding carboxylic acids is 1. The zero-order valence-corrected chi connectivity index (χ0v) is 10.9. The number of carbonyl (C=O) groups is 1. The van der Waals surface area contributed by atoms with Crippen LogP contribution in [0.4, 0.5) is 5.95 Å². The van der Waals surface area contributed by atoms with Gasteiger partial charge in [0.15, 0.2) is 0 Å². The Labute approximate surface area is 116 Å². The maximum Gasteiger partial charge on any atom is 0.254 e. The van der Waals surface area contributed by atoms with Crippen LogP contribution in [0.2, 0.25) is 0 Å². The van der Waals surface area contributed by atoms with Gasteiger partial charge >= 0.3 is 0 Å². The lowest BCUT2D eigenvalue weighted by molar-refractivity contribution is 0.0950. The third kappa shape index (κ3) is 3.28. The van der Waals surface area contributed by atoms with Crippen LogP contribution in [0.25, 0.3) is 0 Å². The van der Waals surface area contributed by atoms with Gasteiger partial charge in [-0.2, -0.15) is 0 Å². The Morgan fingerprint density at radius 1 is 1.20 bits per heavy atom. The largest absolute Gasteiger partial charge is 0.350 e. The second kappa shape index (κ2) is 5.64. The Kier molecular flexibility index (Phi) is 3.54. The van der Waals surface area contributed by atoms with Crippen molar-refractivity contribution >= 4 is 11.9 Å². The Hall–Kier alpha value is -2.50. The molecule has 102 valence electrons. The Morgan fingerprint density at radius 3 is 2.55 bits per heavy atom. The first-order valence-corrected chi connectivity index (χ1v) is 6.57. The first-order chi connectivity index (χ1) is 9.81. The van der Waals surface area contributed by atoms with Crippen molar-refractivity contribution in [1.29, 1.82) is 0 Å². The molecule has 2 aromatic rings. The van der Waals surface area contributed by atoms with Crippen LogP contribution in [-0.4, -0.2) is 26.9 Å². The summed E-state index contributed by atoms with van der Waals surface area (Å²) in [6.45, 7) is 0.621. The van der Waals surface area contributed by atoms with Gasteiger partial charge in [-0.25, -0.2) is 9.97 Å². The van der Waals surface area contributed by atoms with E-state index in [4.69, 9.17) is 0 Å². The van der Waals surface area contributed by atoms with E-state index in [-0.39, 0.29) is 5.91 Å². The SMILES string of the molecule is O=C(NC1CC1)c1cnc(NCc2ccncc2)nc1. The van der Waals surface area contributed by atoms with E-state index in [0.717, 1.165) is 18.4 Å². The molecule has 3 rings (SSSR count). The molecule has 0 saturated heterocycles. The van der Waals surface area contributed by atoms with Gasteiger partial charge in [-0.3, -0.25) is 9.78 Å². The van der Waals surface area contributed by atoms with Crippen molar-refractivity contribution in [3.05, 3.63) is 48.0 Å². The molecule has 0 aromatic carbocycles. The number of anilines is 1. The minimum Gasteiger partial charge on any atom is -0.350 e. The van der Waals surface area contributed by atoms with Crippen molar-refractivity contribution in [3.8, 4) is 0 Å².